The number of carboxylic acids is 1. The van der Waals surface area contributed by atoms with E-state index in [9.17, 15) is 18.0 Å². The van der Waals surface area contributed by atoms with Gasteiger partial charge in [-0.2, -0.15) is 13.2 Å². The summed E-state index contributed by atoms with van der Waals surface area (Å²) in [5, 5.41) is 15.5. The van der Waals surface area contributed by atoms with Crippen molar-refractivity contribution >= 4 is 23.5 Å². The molecule has 2 aromatic rings. The first kappa shape index (κ1) is 21.2. The first-order valence-corrected chi connectivity index (χ1v) is 7.39. The smallest absolute Gasteiger partial charge is 0.475 e. The van der Waals surface area contributed by atoms with Gasteiger partial charge in [-0.15, -0.1) is 0 Å². The molecule has 1 heterocycles. The van der Waals surface area contributed by atoms with E-state index in [-0.39, 0.29) is 11.1 Å². The minimum absolute atomic E-state index is 0.0680. The summed E-state index contributed by atoms with van der Waals surface area (Å²) in [6.45, 7) is 2.48. The van der Waals surface area contributed by atoms with E-state index in [0.29, 0.717) is 11.6 Å². The van der Waals surface area contributed by atoms with Gasteiger partial charge in [0.1, 0.15) is 5.49 Å². The van der Waals surface area contributed by atoms with Gasteiger partial charge < -0.3 is 15.4 Å². The Morgan fingerprint density at radius 2 is 1.88 bits per heavy atom. The van der Waals surface area contributed by atoms with Gasteiger partial charge in [0.05, 0.1) is 10.6 Å². The summed E-state index contributed by atoms with van der Waals surface area (Å²) in [7, 11) is 0. The summed E-state index contributed by atoms with van der Waals surface area (Å²) < 4.78 is 33.3. The Balaban J connectivity index is 0.000000412. The van der Waals surface area contributed by atoms with E-state index in [2.05, 4.69) is 0 Å². The quantitative estimate of drug-likeness (QED) is 0.750. The topological polar surface area (TPSA) is 109 Å². The Hall–Kier alpha value is -2.81. The maximum atomic E-state index is 11.3. The number of hydrogen-bond acceptors (Lipinski definition) is 3. The summed E-state index contributed by atoms with van der Waals surface area (Å²) in [6, 6.07) is 9.36. The van der Waals surface area contributed by atoms with E-state index in [1.807, 2.05) is 31.2 Å². The Bertz CT molecular complexity index is 879. The minimum atomic E-state index is -5.08. The number of nitrogens with zero attached hydrogens (tertiary/aromatic N) is 1. The lowest BCUT2D eigenvalue weighted by molar-refractivity contribution is -0.192. The number of alkyl halides is 3. The van der Waals surface area contributed by atoms with Gasteiger partial charge in [-0.25, -0.2) is 4.79 Å². The number of aryl methyl sites for hydroxylation is 1. The van der Waals surface area contributed by atoms with E-state index in [1.54, 1.807) is 10.8 Å². The molecule has 26 heavy (non-hydrogen) atoms. The van der Waals surface area contributed by atoms with Gasteiger partial charge in [-0.3, -0.25) is 10.2 Å². The number of hydrogen-bond donors (Lipinski definition) is 3. The van der Waals surface area contributed by atoms with Gasteiger partial charge in [0.2, 0.25) is 0 Å². The van der Waals surface area contributed by atoms with Crippen molar-refractivity contribution in [1.82, 2.24) is 4.57 Å². The second-order valence-corrected chi connectivity index (χ2v) is 5.64. The number of aliphatic carboxylic acids is 1. The molecule has 1 aromatic heterocycles. The fraction of sp³-hybridized carbons (Fsp3) is 0.188. The number of halogens is 4. The lowest BCUT2D eigenvalue weighted by Gasteiger charge is -2.10. The third-order valence-corrected chi connectivity index (χ3v) is 3.25. The molecular weight excluding hydrogens is 375 g/mol. The Kier molecular flexibility index (Phi) is 6.96. The number of carbonyl (C=O) groups excluding carboxylic acids is 1. The van der Waals surface area contributed by atoms with Crippen LogP contribution in [0.2, 0.25) is 5.02 Å². The highest BCUT2D eigenvalue weighted by Crippen LogP contribution is 2.13. The third kappa shape index (κ3) is 6.25. The SMILES string of the molecule is Cc1cccc(Cn2cc(Cl)cc(C(N)=O)c2=N)c1.O=C(O)C(F)(F)F. The molecule has 0 aliphatic carbocycles. The molecule has 10 heteroatoms. The molecular formula is C16H15ClF3N3O3. The maximum Gasteiger partial charge on any atom is 0.490 e. The predicted octanol–water partition coefficient (Wildman–Crippen LogP) is 2.71. The van der Waals surface area contributed by atoms with Gasteiger partial charge in [-0.1, -0.05) is 41.4 Å². The van der Waals surface area contributed by atoms with Crippen molar-refractivity contribution in [1.29, 1.82) is 5.41 Å². The molecule has 0 aliphatic rings. The molecule has 4 N–H and O–H groups in total. The van der Waals surface area contributed by atoms with E-state index < -0.39 is 18.1 Å². The second kappa shape index (κ2) is 8.52. The van der Waals surface area contributed by atoms with Gasteiger partial charge in [0.25, 0.3) is 5.91 Å². The second-order valence-electron chi connectivity index (χ2n) is 5.20. The third-order valence-electron chi connectivity index (χ3n) is 3.05. The Labute approximate surface area is 151 Å². The van der Waals surface area contributed by atoms with Crippen molar-refractivity contribution < 1.29 is 27.9 Å². The summed E-state index contributed by atoms with van der Waals surface area (Å²) in [5.74, 6) is -3.40. The van der Waals surface area contributed by atoms with Gasteiger partial charge in [0, 0.05) is 12.7 Å². The molecule has 140 valence electrons. The van der Waals surface area contributed by atoms with E-state index in [0.717, 1.165) is 11.1 Å². The van der Waals surface area contributed by atoms with Crippen LogP contribution < -0.4 is 11.2 Å². The Morgan fingerprint density at radius 3 is 2.35 bits per heavy atom. The van der Waals surface area contributed by atoms with Crippen LogP contribution in [0.1, 0.15) is 21.5 Å². The highest BCUT2D eigenvalue weighted by Gasteiger charge is 2.38. The van der Waals surface area contributed by atoms with Gasteiger partial charge in [-0.05, 0) is 18.6 Å². The molecule has 0 spiro atoms. The van der Waals surface area contributed by atoms with E-state index in [4.69, 9.17) is 32.6 Å². The number of aromatic nitrogens is 1. The van der Waals surface area contributed by atoms with Crippen LogP contribution in [0, 0.1) is 12.3 Å². The zero-order valence-corrected chi connectivity index (χ0v) is 14.2. The molecule has 1 aromatic carbocycles. The number of nitrogens with one attached hydrogen (secondary N) is 1. The van der Waals surface area contributed by atoms with Crippen molar-refractivity contribution in [2.45, 2.75) is 19.6 Å². The molecule has 0 radical (unpaired) electrons. The average molecular weight is 390 g/mol. The number of carboxylic acid groups (broad SMARTS) is 1. The number of amides is 1. The number of primary amides is 1. The molecule has 0 unspecified atom stereocenters. The maximum absolute atomic E-state index is 11.3. The van der Waals surface area contributed by atoms with Crippen LogP contribution in [0.15, 0.2) is 36.5 Å². The highest BCUT2D eigenvalue weighted by atomic mass is 35.5. The minimum Gasteiger partial charge on any atom is -0.475 e. The molecule has 0 saturated heterocycles. The number of nitrogens with two attached hydrogens (primary N) is 1. The molecule has 0 saturated carbocycles. The van der Waals surface area contributed by atoms with Crippen molar-refractivity contribution in [2.24, 2.45) is 5.73 Å². The zero-order chi connectivity index (χ0) is 20.1. The number of pyridine rings is 1. The molecule has 0 atom stereocenters. The predicted molar refractivity (Wildman–Crippen MR) is 87.8 cm³/mol. The standard InChI is InChI=1S/C14H14ClN3O.C2HF3O2/c1-9-3-2-4-10(5-9)7-18-8-11(15)6-12(13(18)16)14(17)19;3-2(4,5)1(6)7/h2-6,8,16H,7H2,1H3,(H2,17,19);(H,6,7). The fourth-order valence-corrected chi connectivity index (χ4v) is 2.16. The van der Waals surface area contributed by atoms with Crippen molar-refractivity contribution in [3.8, 4) is 0 Å². The Morgan fingerprint density at radius 1 is 1.31 bits per heavy atom. The lowest BCUT2D eigenvalue weighted by atomic mass is 10.1. The van der Waals surface area contributed by atoms with Crippen LogP contribution in [0.5, 0.6) is 0 Å². The van der Waals surface area contributed by atoms with Crippen molar-refractivity contribution in [3.63, 3.8) is 0 Å². The van der Waals surface area contributed by atoms with Crippen molar-refractivity contribution in [3.05, 3.63) is 63.7 Å². The lowest BCUT2D eigenvalue weighted by Crippen LogP contribution is -2.29. The molecule has 0 fully saturated rings. The average Bonchev–Trinajstić information content (AvgIpc) is 2.50. The summed E-state index contributed by atoms with van der Waals surface area (Å²) in [4.78, 5) is 20.2. The number of carbonyl (C=O) groups is 2. The number of rotatable bonds is 3. The molecule has 0 bridgehead atoms. The normalized spacial score (nSPS) is 10.7. The van der Waals surface area contributed by atoms with Crippen LogP contribution in [0.4, 0.5) is 13.2 Å². The highest BCUT2D eigenvalue weighted by molar-refractivity contribution is 6.30. The van der Waals surface area contributed by atoms with E-state index >= 15 is 0 Å². The summed E-state index contributed by atoms with van der Waals surface area (Å²) >= 11 is 5.95. The van der Waals surface area contributed by atoms with Crippen molar-refractivity contribution in [2.75, 3.05) is 0 Å². The molecule has 1 amide bonds. The van der Waals surface area contributed by atoms with E-state index in [1.165, 1.54) is 6.07 Å². The van der Waals surface area contributed by atoms with Crippen LogP contribution in [-0.2, 0) is 11.3 Å². The fourth-order valence-electron chi connectivity index (χ4n) is 1.93. The largest absolute Gasteiger partial charge is 0.490 e. The van der Waals surface area contributed by atoms with Gasteiger partial charge >= 0.3 is 12.1 Å². The van der Waals surface area contributed by atoms with Crippen LogP contribution >= 0.6 is 11.6 Å². The van der Waals surface area contributed by atoms with Gasteiger partial charge in [0.15, 0.2) is 0 Å². The number of benzene rings is 1. The van der Waals surface area contributed by atoms with Crippen LogP contribution in [0.25, 0.3) is 0 Å². The molecule has 2 rings (SSSR count). The zero-order valence-electron chi connectivity index (χ0n) is 13.5. The summed E-state index contributed by atoms with van der Waals surface area (Å²) in [5.41, 5.74) is 7.61. The monoisotopic (exact) mass is 389 g/mol. The first-order chi connectivity index (χ1) is 11.9. The van der Waals surface area contributed by atoms with Crippen LogP contribution in [-0.4, -0.2) is 27.7 Å². The first-order valence-electron chi connectivity index (χ1n) is 7.02. The molecule has 0 aliphatic heterocycles. The van der Waals surface area contributed by atoms with Crippen LogP contribution in [0.3, 0.4) is 0 Å². The summed E-state index contributed by atoms with van der Waals surface area (Å²) in [6.07, 6.45) is -3.46. The molecule has 6 nitrogen and oxygen atoms in total.